The summed E-state index contributed by atoms with van der Waals surface area (Å²) in [6.07, 6.45) is -22.7. The predicted molar refractivity (Wildman–Crippen MR) is 158 cm³/mol. The average molecular weight is 788 g/mol. The fourth-order valence-corrected chi connectivity index (χ4v) is 6.92. The molecule has 3 aliphatic rings. The Bertz CT molecular complexity index is 1310. The van der Waals surface area contributed by atoms with E-state index in [1.165, 1.54) is 0 Å². The summed E-state index contributed by atoms with van der Waals surface area (Å²) in [6.45, 7) is -0.0598. The Morgan fingerprint density at radius 2 is 0.902 bits per heavy atom. The maximum Gasteiger partial charge on any atom is 0.474 e. The van der Waals surface area contributed by atoms with E-state index in [4.69, 9.17) is 32.3 Å². The molecular weight excluding hydrogens is 744 g/mol. The average Bonchev–Trinajstić information content (AvgIpc) is 3.02. The standard InChI is InChI=1S/C24H43N3O22P2/c1-7(29)25-13-19(35)17(33)11(45-22(13)38)5-43-50(39,40)49-24-15(27-9(3)31)21(37)18(34)12(47-24)6-44-51(41,42)48-23-14(26-8(2)30)20(36)16(32)10(4-28)46-23/h10-24,28,32-38H,4-6H2,1-3H3,(H,25,29)(H,26,30)(H,27,31)(H,39,40)(H,41,42)/t10-,11-,12-,13+,14+,15+,16-,17-,18-,19-,20-,21-,22+,23-,24-/m1/s1. The first-order valence-corrected chi connectivity index (χ1v) is 18.0. The number of hydrogen-bond donors (Lipinski definition) is 13. The van der Waals surface area contributed by atoms with Crippen LogP contribution in [0.4, 0.5) is 0 Å². The summed E-state index contributed by atoms with van der Waals surface area (Å²) in [5.41, 5.74) is 0. The van der Waals surface area contributed by atoms with Crippen molar-refractivity contribution in [2.75, 3.05) is 19.8 Å². The van der Waals surface area contributed by atoms with Crippen molar-refractivity contribution >= 4 is 33.4 Å². The van der Waals surface area contributed by atoms with Gasteiger partial charge in [-0.25, -0.2) is 9.13 Å². The highest BCUT2D eigenvalue weighted by molar-refractivity contribution is 7.47. The van der Waals surface area contributed by atoms with E-state index in [1.54, 1.807) is 0 Å². The summed E-state index contributed by atoms with van der Waals surface area (Å²) in [6, 6.07) is -4.94. The first-order valence-electron chi connectivity index (χ1n) is 15.0. The first-order chi connectivity index (χ1) is 23.6. The molecule has 0 aliphatic carbocycles. The number of aliphatic hydroxyl groups excluding tert-OH is 8. The lowest BCUT2D eigenvalue weighted by Gasteiger charge is -2.43. The zero-order valence-electron chi connectivity index (χ0n) is 27.0. The van der Waals surface area contributed by atoms with Crippen molar-refractivity contribution in [3.8, 4) is 0 Å². The molecule has 296 valence electrons. The molecule has 3 fully saturated rings. The van der Waals surface area contributed by atoms with E-state index in [2.05, 4.69) is 16.0 Å². The van der Waals surface area contributed by atoms with Gasteiger partial charge >= 0.3 is 15.6 Å². The lowest BCUT2D eigenvalue weighted by atomic mass is 9.97. The van der Waals surface area contributed by atoms with Crippen LogP contribution in [0.1, 0.15) is 20.8 Å². The van der Waals surface area contributed by atoms with E-state index in [9.17, 15) is 74.2 Å². The lowest BCUT2D eigenvalue weighted by Crippen LogP contribution is -2.64. The van der Waals surface area contributed by atoms with Crippen LogP contribution in [-0.4, -0.2) is 180 Å². The molecule has 0 saturated carbocycles. The number of aliphatic hydroxyl groups is 8. The third-order valence-electron chi connectivity index (χ3n) is 7.69. The Balaban J connectivity index is 1.70. The Kier molecular flexibility index (Phi) is 15.4. The monoisotopic (exact) mass is 787 g/mol. The number of carbonyl (C=O) groups is 3. The summed E-state index contributed by atoms with van der Waals surface area (Å²) >= 11 is 0. The van der Waals surface area contributed by atoms with Gasteiger partial charge in [0.05, 0.1) is 19.8 Å². The number of nitrogens with one attached hydrogen (secondary N) is 3. The van der Waals surface area contributed by atoms with Gasteiger partial charge in [0.15, 0.2) is 18.9 Å². The Morgan fingerprint density at radius 3 is 1.29 bits per heavy atom. The summed E-state index contributed by atoms with van der Waals surface area (Å²) in [5, 5.41) is 88.4. The second-order valence-electron chi connectivity index (χ2n) is 11.7. The van der Waals surface area contributed by atoms with Crippen LogP contribution in [0.2, 0.25) is 0 Å². The highest BCUT2D eigenvalue weighted by Gasteiger charge is 2.51. The second-order valence-corrected chi connectivity index (χ2v) is 14.5. The van der Waals surface area contributed by atoms with E-state index in [1.807, 2.05) is 0 Å². The molecule has 3 aliphatic heterocycles. The molecule has 0 spiro atoms. The van der Waals surface area contributed by atoms with Crippen LogP contribution in [-0.2, 0) is 55.8 Å². The topological polar surface area (TPSA) is 388 Å². The number of hydrogen-bond acceptors (Lipinski definition) is 20. The van der Waals surface area contributed by atoms with Crippen molar-refractivity contribution in [1.29, 1.82) is 0 Å². The Hall–Kier alpha value is -1.81. The van der Waals surface area contributed by atoms with Crippen molar-refractivity contribution in [2.45, 2.75) is 113 Å². The highest BCUT2D eigenvalue weighted by atomic mass is 31.2. The summed E-state index contributed by atoms with van der Waals surface area (Å²) in [4.78, 5) is 55.5. The minimum atomic E-state index is -5.38. The molecule has 51 heavy (non-hydrogen) atoms. The predicted octanol–water partition coefficient (Wildman–Crippen LogP) is -6.91. The van der Waals surface area contributed by atoms with E-state index in [0.29, 0.717) is 0 Å². The van der Waals surface area contributed by atoms with E-state index in [0.717, 1.165) is 20.8 Å². The van der Waals surface area contributed by atoms with Crippen LogP contribution in [0.5, 0.6) is 0 Å². The third kappa shape index (κ3) is 11.6. The molecule has 25 nitrogen and oxygen atoms in total. The number of phosphoric ester groups is 2. The quantitative estimate of drug-likeness (QED) is 0.0727. The van der Waals surface area contributed by atoms with Crippen LogP contribution in [0.3, 0.4) is 0 Å². The van der Waals surface area contributed by atoms with Crippen molar-refractivity contribution in [3.63, 3.8) is 0 Å². The van der Waals surface area contributed by atoms with Gasteiger partial charge in [-0.15, -0.1) is 0 Å². The van der Waals surface area contributed by atoms with Crippen LogP contribution in [0.15, 0.2) is 0 Å². The molecule has 0 aromatic carbocycles. The summed E-state index contributed by atoms with van der Waals surface area (Å²) in [5.74, 6) is -2.33. The fourth-order valence-electron chi connectivity index (χ4n) is 5.24. The molecule has 0 aromatic rings. The third-order valence-corrected chi connectivity index (χ3v) is 9.59. The molecule has 0 aromatic heterocycles. The van der Waals surface area contributed by atoms with Gasteiger partial charge < -0.3 is 80.8 Å². The minimum Gasteiger partial charge on any atom is -0.394 e. The highest BCUT2D eigenvalue weighted by Crippen LogP contribution is 2.49. The smallest absolute Gasteiger partial charge is 0.394 e. The van der Waals surface area contributed by atoms with Gasteiger partial charge in [-0.05, 0) is 0 Å². The fraction of sp³-hybridized carbons (Fsp3) is 0.875. The molecule has 0 bridgehead atoms. The lowest BCUT2D eigenvalue weighted by molar-refractivity contribution is -0.259. The molecule has 27 heteroatoms. The number of rotatable bonds is 14. The maximum absolute atomic E-state index is 12.9. The van der Waals surface area contributed by atoms with Gasteiger partial charge in [0.25, 0.3) is 0 Å². The minimum absolute atomic E-state index is 0.686. The molecule has 3 rings (SSSR count). The largest absolute Gasteiger partial charge is 0.474 e. The van der Waals surface area contributed by atoms with Crippen molar-refractivity contribution in [2.24, 2.45) is 0 Å². The van der Waals surface area contributed by atoms with Crippen molar-refractivity contribution < 1.29 is 106 Å². The number of phosphoric acid groups is 2. The summed E-state index contributed by atoms with van der Waals surface area (Å²) in [7, 11) is -10.7. The zero-order valence-corrected chi connectivity index (χ0v) is 28.8. The van der Waals surface area contributed by atoms with E-state index >= 15 is 0 Å². The van der Waals surface area contributed by atoms with Gasteiger partial charge in [0.1, 0.15) is 73.1 Å². The number of ether oxygens (including phenoxy) is 3. The molecule has 2 unspecified atom stereocenters. The van der Waals surface area contributed by atoms with Crippen LogP contribution in [0, 0.1) is 0 Å². The van der Waals surface area contributed by atoms with E-state index < -0.39 is 145 Å². The molecule has 3 heterocycles. The van der Waals surface area contributed by atoms with Crippen LogP contribution in [0.25, 0.3) is 0 Å². The zero-order chi connectivity index (χ0) is 38.6. The normalized spacial score (nSPS) is 41.1. The summed E-state index contributed by atoms with van der Waals surface area (Å²) < 4.78 is 60.9. The number of carbonyl (C=O) groups excluding carboxylic acids is 3. The SMILES string of the molecule is CC(=O)N[C@@H]1[C@@H](OP(=O)(O)OC[C@H]2O[C@H](OP(=O)(O)OC[C@H]3O[C@H](O)[C@@H](NC(C)=O)[C@@H](O)[C@@H]3O)[C@@H](NC(C)=O)[C@@H](O)[C@@H]2O)O[C@H](CO)[C@@H](O)[C@@H]1O. The van der Waals surface area contributed by atoms with Crippen molar-refractivity contribution in [3.05, 3.63) is 0 Å². The molecule has 3 saturated heterocycles. The molecule has 0 radical (unpaired) electrons. The van der Waals surface area contributed by atoms with Gasteiger partial charge in [-0.2, -0.15) is 0 Å². The second kappa shape index (κ2) is 18.0. The van der Waals surface area contributed by atoms with Crippen molar-refractivity contribution in [1.82, 2.24) is 16.0 Å². The maximum atomic E-state index is 12.9. The Labute approximate surface area is 288 Å². The molecule has 17 atom stereocenters. The van der Waals surface area contributed by atoms with E-state index in [-0.39, 0.29) is 0 Å². The van der Waals surface area contributed by atoms with Crippen LogP contribution >= 0.6 is 15.6 Å². The van der Waals surface area contributed by atoms with Gasteiger partial charge in [0, 0.05) is 20.8 Å². The van der Waals surface area contributed by atoms with Gasteiger partial charge in [-0.1, -0.05) is 0 Å². The first kappa shape index (κ1) is 43.6. The Morgan fingerprint density at radius 1 is 0.569 bits per heavy atom. The molecule has 13 N–H and O–H groups in total. The van der Waals surface area contributed by atoms with Gasteiger partial charge in [-0.3, -0.25) is 32.5 Å². The van der Waals surface area contributed by atoms with Gasteiger partial charge in [0.2, 0.25) is 17.7 Å². The number of amides is 3. The molecular formula is C24H43N3O22P2. The molecule has 3 amide bonds. The van der Waals surface area contributed by atoms with Crippen LogP contribution < -0.4 is 16.0 Å².